The van der Waals surface area contributed by atoms with Gasteiger partial charge < -0.3 is 14.7 Å². The van der Waals surface area contributed by atoms with Crippen molar-refractivity contribution < 1.29 is 9.84 Å². The minimum atomic E-state index is -0.379. The first-order valence-corrected chi connectivity index (χ1v) is 6.90. The first-order chi connectivity index (χ1) is 9.19. The van der Waals surface area contributed by atoms with Crippen LogP contribution in [-0.4, -0.2) is 62.6 Å². The van der Waals surface area contributed by atoms with Crippen LogP contribution in [0.5, 0.6) is 0 Å². The van der Waals surface area contributed by atoms with Crippen molar-refractivity contribution in [3.8, 4) is 0 Å². The highest BCUT2D eigenvalue weighted by molar-refractivity contribution is 5.47. The largest absolute Gasteiger partial charge is 0.389 e. The Morgan fingerprint density at radius 1 is 1.16 bits per heavy atom. The van der Waals surface area contributed by atoms with Gasteiger partial charge in [-0.15, -0.1) is 0 Å². The molecule has 1 atom stereocenters. The number of aryl methyl sites for hydroxylation is 1. The van der Waals surface area contributed by atoms with Gasteiger partial charge in [-0.2, -0.15) is 0 Å². The summed E-state index contributed by atoms with van der Waals surface area (Å²) >= 11 is 0. The molecule has 1 aromatic carbocycles. The van der Waals surface area contributed by atoms with Crippen LogP contribution in [0.4, 0.5) is 5.69 Å². The summed E-state index contributed by atoms with van der Waals surface area (Å²) in [6.07, 6.45) is -0.379. The first kappa shape index (κ1) is 14.3. The van der Waals surface area contributed by atoms with E-state index in [1.54, 1.807) is 7.11 Å². The molecule has 0 bridgehead atoms. The maximum absolute atomic E-state index is 9.73. The molecule has 1 heterocycles. The van der Waals surface area contributed by atoms with E-state index in [9.17, 15) is 5.11 Å². The molecule has 0 saturated carbocycles. The molecule has 1 unspecified atom stereocenters. The maximum atomic E-state index is 9.73. The number of β-amino-alcohol motifs (C(OH)–C–C–N with tert-alkyl or cyclic N) is 1. The average Bonchev–Trinajstić information content (AvgIpc) is 2.41. The maximum Gasteiger partial charge on any atom is 0.0900 e. The third kappa shape index (κ3) is 4.20. The smallest absolute Gasteiger partial charge is 0.0900 e. The van der Waals surface area contributed by atoms with Crippen LogP contribution in [-0.2, 0) is 4.74 Å². The number of anilines is 1. The Hall–Kier alpha value is -1.10. The minimum Gasteiger partial charge on any atom is -0.389 e. The monoisotopic (exact) mass is 264 g/mol. The molecule has 0 spiro atoms. The van der Waals surface area contributed by atoms with Gasteiger partial charge in [-0.1, -0.05) is 17.7 Å². The molecule has 4 heteroatoms. The summed E-state index contributed by atoms with van der Waals surface area (Å²) < 4.78 is 4.96. The molecule has 0 amide bonds. The lowest BCUT2D eigenvalue weighted by Crippen LogP contribution is -2.49. The average molecular weight is 264 g/mol. The molecule has 1 N–H and O–H groups in total. The van der Waals surface area contributed by atoms with Crippen molar-refractivity contribution in [1.82, 2.24) is 4.90 Å². The number of aliphatic hydroxyl groups is 1. The fraction of sp³-hybridized carbons (Fsp3) is 0.600. The van der Waals surface area contributed by atoms with E-state index in [0.29, 0.717) is 13.2 Å². The molecule has 106 valence electrons. The summed E-state index contributed by atoms with van der Waals surface area (Å²) in [5, 5.41) is 9.73. The highest BCUT2D eigenvalue weighted by atomic mass is 16.5. The first-order valence-electron chi connectivity index (χ1n) is 6.90. The van der Waals surface area contributed by atoms with Crippen molar-refractivity contribution in [2.45, 2.75) is 13.0 Å². The number of hydrogen-bond acceptors (Lipinski definition) is 4. The normalized spacial score (nSPS) is 18.6. The molecule has 4 nitrogen and oxygen atoms in total. The second kappa shape index (κ2) is 6.89. The van der Waals surface area contributed by atoms with E-state index in [4.69, 9.17) is 4.74 Å². The van der Waals surface area contributed by atoms with Crippen molar-refractivity contribution in [2.24, 2.45) is 0 Å². The summed E-state index contributed by atoms with van der Waals surface area (Å²) in [6.45, 7) is 7.25. The molecule has 1 fully saturated rings. The topological polar surface area (TPSA) is 35.9 Å². The highest BCUT2D eigenvalue weighted by Crippen LogP contribution is 2.17. The molecular weight excluding hydrogens is 240 g/mol. The van der Waals surface area contributed by atoms with Crippen molar-refractivity contribution in [3.05, 3.63) is 29.8 Å². The molecule has 0 radical (unpaired) electrons. The lowest BCUT2D eigenvalue weighted by Gasteiger charge is -2.36. The third-order valence-corrected chi connectivity index (χ3v) is 3.60. The molecule has 0 aromatic heterocycles. The molecule has 1 saturated heterocycles. The SMILES string of the molecule is COCC(O)CN1CCN(c2ccc(C)cc2)CC1. The van der Waals surface area contributed by atoms with Crippen molar-refractivity contribution >= 4 is 5.69 Å². The summed E-state index contributed by atoms with van der Waals surface area (Å²) in [4.78, 5) is 4.70. The van der Waals surface area contributed by atoms with E-state index in [1.807, 2.05) is 0 Å². The minimum absolute atomic E-state index is 0.379. The van der Waals surface area contributed by atoms with Crippen molar-refractivity contribution in [2.75, 3.05) is 51.3 Å². The van der Waals surface area contributed by atoms with E-state index >= 15 is 0 Å². The zero-order valence-electron chi connectivity index (χ0n) is 11.9. The second-order valence-corrected chi connectivity index (χ2v) is 5.23. The Bertz CT molecular complexity index is 372. The van der Waals surface area contributed by atoms with Crippen LogP contribution < -0.4 is 4.90 Å². The van der Waals surface area contributed by atoms with Gasteiger partial charge in [-0.25, -0.2) is 0 Å². The molecular formula is C15H24N2O2. The number of benzene rings is 1. The molecule has 19 heavy (non-hydrogen) atoms. The Morgan fingerprint density at radius 3 is 2.37 bits per heavy atom. The Balaban J connectivity index is 1.80. The summed E-state index contributed by atoms with van der Waals surface area (Å²) in [5.74, 6) is 0. The summed E-state index contributed by atoms with van der Waals surface area (Å²) in [6, 6.07) is 8.68. The number of piperazine rings is 1. The van der Waals surface area contributed by atoms with Crippen LogP contribution in [0.3, 0.4) is 0 Å². The summed E-state index contributed by atoms with van der Waals surface area (Å²) in [7, 11) is 1.62. The number of aliphatic hydroxyl groups excluding tert-OH is 1. The zero-order chi connectivity index (χ0) is 13.7. The molecule has 2 rings (SSSR count). The number of methoxy groups -OCH3 is 1. The molecule has 1 aromatic rings. The lowest BCUT2D eigenvalue weighted by atomic mass is 10.2. The Kier molecular flexibility index (Phi) is 5.19. The lowest BCUT2D eigenvalue weighted by molar-refractivity contribution is 0.0365. The van der Waals surface area contributed by atoms with Gasteiger partial charge in [0.2, 0.25) is 0 Å². The predicted molar refractivity (Wildman–Crippen MR) is 77.7 cm³/mol. The van der Waals surface area contributed by atoms with Crippen LogP contribution in [0.25, 0.3) is 0 Å². The fourth-order valence-corrected chi connectivity index (χ4v) is 2.49. The number of nitrogens with zero attached hydrogens (tertiary/aromatic N) is 2. The Morgan fingerprint density at radius 2 is 1.79 bits per heavy atom. The zero-order valence-corrected chi connectivity index (χ0v) is 11.9. The van der Waals surface area contributed by atoms with Crippen LogP contribution in [0.15, 0.2) is 24.3 Å². The second-order valence-electron chi connectivity index (χ2n) is 5.23. The van der Waals surface area contributed by atoms with Gasteiger partial charge >= 0.3 is 0 Å². The van der Waals surface area contributed by atoms with Crippen LogP contribution >= 0.6 is 0 Å². The predicted octanol–water partition coefficient (Wildman–Crippen LogP) is 1.12. The van der Waals surface area contributed by atoms with Crippen molar-refractivity contribution in [1.29, 1.82) is 0 Å². The standard InChI is InChI=1S/C15H24N2O2/c1-13-3-5-14(6-4-13)17-9-7-16(8-10-17)11-15(18)12-19-2/h3-6,15,18H,7-12H2,1-2H3. The van der Waals surface area contributed by atoms with Gasteiger partial charge in [0.05, 0.1) is 12.7 Å². The molecule has 0 aliphatic carbocycles. The molecule has 1 aliphatic heterocycles. The highest BCUT2D eigenvalue weighted by Gasteiger charge is 2.19. The van der Waals surface area contributed by atoms with Gasteiger partial charge in [-0.3, -0.25) is 4.90 Å². The summed E-state index contributed by atoms with van der Waals surface area (Å²) in [5.41, 5.74) is 2.59. The fourth-order valence-electron chi connectivity index (χ4n) is 2.49. The van der Waals surface area contributed by atoms with Gasteiger partial charge in [0.1, 0.15) is 0 Å². The quantitative estimate of drug-likeness (QED) is 0.865. The number of hydrogen-bond donors (Lipinski definition) is 1. The van der Waals surface area contributed by atoms with E-state index < -0.39 is 0 Å². The number of rotatable bonds is 5. The van der Waals surface area contributed by atoms with Gasteiger partial charge in [0.15, 0.2) is 0 Å². The van der Waals surface area contributed by atoms with Gasteiger partial charge in [-0.05, 0) is 19.1 Å². The number of ether oxygens (including phenoxy) is 1. The van der Waals surface area contributed by atoms with Crippen LogP contribution in [0, 0.1) is 6.92 Å². The van der Waals surface area contributed by atoms with E-state index in [2.05, 4.69) is 41.0 Å². The van der Waals surface area contributed by atoms with Crippen LogP contribution in [0.1, 0.15) is 5.56 Å². The van der Waals surface area contributed by atoms with E-state index in [-0.39, 0.29) is 6.10 Å². The van der Waals surface area contributed by atoms with E-state index in [0.717, 1.165) is 26.2 Å². The Labute approximate surface area is 115 Å². The van der Waals surface area contributed by atoms with Gasteiger partial charge in [0, 0.05) is 45.5 Å². The molecule has 1 aliphatic rings. The van der Waals surface area contributed by atoms with Crippen molar-refractivity contribution in [3.63, 3.8) is 0 Å². The van der Waals surface area contributed by atoms with E-state index in [1.165, 1.54) is 11.3 Å². The third-order valence-electron chi connectivity index (χ3n) is 3.60. The van der Waals surface area contributed by atoms with Crippen LogP contribution in [0.2, 0.25) is 0 Å². The van der Waals surface area contributed by atoms with Gasteiger partial charge in [0.25, 0.3) is 0 Å².